The van der Waals surface area contributed by atoms with E-state index in [0.29, 0.717) is 6.54 Å². The van der Waals surface area contributed by atoms with Gasteiger partial charge in [0.25, 0.3) is 0 Å². The monoisotopic (exact) mass is 210 g/mol. The molecular formula is C9H11ClN4. The third-order valence-corrected chi connectivity index (χ3v) is 2.56. The maximum Gasteiger partial charge on any atom is 0.200 e. The van der Waals surface area contributed by atoms with Gasteiger partial charge in [-0.1, -0.05) is 23.7 Å². The van der Waals surface area contributed by atoms with Crippen LogP contribution < -0.4 is 11.2 Å². The molecule has 0 saturated carbocycles. The number of nitrogens with two attached hydrogens (primary N) is 1. The fraction of sp³-hybridized carbons (Fsp3) is 0.222. The first kappa shape index (κ1) is 9.30. The molecule has 1 heterocycles. The van der Waals surface area contributed by atoms with Crippen LogP contribution in [-0.4, -0.2) is 11.0 Å². The quantitative estimate of drug-likeness (QED) is 0.480. The molecule has 0 unspecified atom stereocenters. The molecule has 1 aliphatic rings. The molecule has 1 aromatic carbocycles. The van der Waals surface area contributed by atoms with Gasteiger partial charge in [-0.2, -0.15) is 0 Å². The van der Waals surface area contributed by atoms with E-state index in [1.807, 2.05) is 23.2 Å². The number of rotatable bonds is 1. The number of nitrogens with zero attached hydrogens (tertiary/aromatic N) is 1. The Morgan fingerprint density at radius 3 is 2.93 bits per heavy atom. The molecule has 4 N–H and O–H groups in total. The Labute approximate surface area is 87.1 Å². The van der Waals surface area contributed by atoms with E-state index in [-0.39, 0.29) is 5.96 Å². The molecule has 0 amide bonds. The molecule has 4 nitrogen and oxygen atoms in total. The lowest BCUT2D eigenvalue weighted by molar-refractivity contribution is 0.240. The largest absolute Gasteiger partial charge is 0.369 e. The van der Waals surface area contributed by atoms with Crippen LogP contribution in [0.15, 0.2) is 18.2 Å². The zero-order valence-corrected chi connectivity index (χ0v) is 8.30. The van der Waals surface area contributed by atoms with Gasteiger partial charge in [-0.25, -0.2) is 5.01 Å². The average Bonchev–Trinajstić information content (AvgIpc) is 2.47. The Morgan fingerprint density at radius 2 is 2.29 bits per heavy atom. The van der Waals surface area contributed by atoms with Crippen LogP contribution in [0.3, 0.4) is 0 Å². The summed E-state index contributed by atoms with van der Waals surface area (Å²) in [6.07, 6.45) is 0. The highest BCUT2D eigenvalue weighted by molar-refractivity contribution is 6.31. The maximum absolute atomic E-state index is 7.11. The minimum Gasteiger partial charge on any atom is -0.369 e. The molecule has 1 aliphatic heterocycles. The summed E-state index contributed by atoms with van der Waals surface area (Å²) < 4.78 is 0. The van der Waals surface area contributed by atoms with Crippen molar-refractivity contribution < 1.29 is 0 Å². The van der Waals surface area contributed by atoms with Crippen molar-refractivity contribution in [2.24, 2.45) is 5.73 Å². The Kier molecular flexibility index (Phi) is 2.31. The Hall–Kier alpha value is -1.26. The number of fused-ring (bicyclic) bond motifs is 1. The van der Waals surface area contributed by atoms with Crippen molar-refractivity contribution >= 4 is 17.6 Å². The molecule has 0 aromatic heterocycles. The van der Waals surface area contributed by atoms with Crippen molar-refractivity contribution in [3.05, 3.63) is 34.3 Å². The van der Waals surface area contributed by atoms with Gasteiger partial charge in [-0.15, -0.1) is 0 Å². The molecule has 0 atom stereocenters. The van der Waals surface area contributed by atoms with Gasteiger partial charge in [0.2, 0.25) is 5.96 Å². The van der Waals surface area contributed by atoms with Gasteiger partial charge >= 0.3 is 0 Å². The zero-order valence-electron chi connectivity index (χ0n) is 7.55. The van der Waals surface area contributed by atoms with Gasteiger partial charge in [-0.3, -0.25) is 10.8 Å². The van der Waals surface area contributed by atoms with Crippen molar-refractivity contribution in [2.45, 2.75) is 13.1 Å². The number of guanidine groups is 1. The number of hydrogen-bond acceptors (Lipinski definition) is 2. The second kappa shape index (κ2) is 3.48. The van der Waals surface area contributed by atoms with Crippen molar-refractivity contribution in [1.82, 2.24) is 10.4 Å². The highest BCUT2D eigenvalue weighted by Gasteiger charge is 2.20. The summed E-state index contributed by atoms with van der Waals surface area (Å²) in [5, 5.41) is 9.75. The lowest BCUT2D eigenvalue weighted by Gasteiger charge is -2.15. The normalized spacial score (nSPS) is 15.2. The predicted octanol–water partition coefficient (Wildman–Crippen LogP) is 1.05. The Bertz CT molecular complexity index is 377. The third-order valence-electron chi connectivity index (χ3n) is 2.20. The summed E-state index contributed by atoms with van der Waals surface area (Å²) in [6, 6.07) is 5.83. The van der Waals surface area contributed by atoms with E-state index in [2.05, 4.69) is 5.43 Å². The molecule has 0 bridgehead atoms. The molecule has 0 spiro atoms. The summed E-state index contributed by atoms with van der Waals surface area (Å²) in [7, 11) is 0. The molecule has 14 heavy (non-hydrogen) atoms. The van der Waals surface area contributed by atoms with Gasteiger partial charge in [-0.05, 0) is 17.2 Å². The predicted molar refractivity (Wildman–Crippen MR) is 55.7 cm³/mol. The van der Waals surface area contributed by atoms with Crippen molar-refractivity contribution in [1.29, 1.82) is 5.41 Å². The fourth-order valence-electron chi connectivity index (χ4n) is 1.63. The number of nitrogens with one attached hydrogen (secondary N) is 2. The molecule has 1 aromatic rings. The van der Waals surface area contributed by atoms with E-state index in [9.17, 15) is 0 Å². The van der Waals surface area contributed by atoms with Crippen molar-refractivity contribution in [2.75, 3.05) is 0 Å². The SMILES string of the molecule is N=C(N)NN1Cc2cccc(Cl)c2C1. The molecule has 5 heteroatoms. The third kappa shape index (κ3) is 1.66. The van der Waals surface area contributed by atoms with Crippen LogP contribution >= 0.6 is 11.6 Å². The van der Waals surface area contributed by atoms with Crippen LogP contribution in [-0.2, 0) is 13.1 Å². The Balaban J connectivity index is 2.18. The van der Waals surface area contributed by atoms with Crippen LogP contribution in [0.4, 0.5) is 0 Å². The molecule has 0 radical (unpaired) electrons. The van der Waals surface area contributed by atoms with Gasteiger partial charge in [0.1, 0.15) is 0 Å². The molecule has 74 valence electrons. The summed E-state index contributed by atoms with van der Waals surface area (Å²) in [5.74, 6) is -0.0473. The molecule has 0 saturated heterocycles. The summed E-state index contributed by atoms with van der Waals surface area (Å²) in [6.45, 7) is 1.42. The van der Waals surface area contributed by atoms with Gasteiger partial charge < -0.3 is 5.73 Å². The first-order valence-corrected chi connectivity index (χ1v) is 4.66. The highest BCUT2D eigenvalue weighted by Crippen LogP contribution is 2.27. The van der Waals surface area contributed by atoms with E-state index in [0.717, 1.165) is 17.1 Å². The zero-order chi connectivity index (χ0) is 10.1. The average molecular weight is 211 g/mol. The lowest BCUT2D eigenvalue weighted by atomic mass is 10.1. The molecule has 0 aliphatic carbocycles. The van der Waals surface area contributed by atoms with E-state index < -0.39 is 0 Å². The van der Waals surface area contributed by atoms with Crippen LogP contribution in [0, 0.1) is 5.41 Å². The van der Waals surface area contributed by atoms with E-state index in [1.165, 1.54) is 5.56 Å². The van der Waals surface area contributed by atoms with Crippen LogP contribution in [0.25, 0.3) is 0 Å². The maximum atomic E-state index is 7.11. The molecular weight excluding hydrogens is 200 g/mol. The summed E-state index contributed by atoms with van der Waals surface area (Å²) >= 11 is 6.03. The van der Waals surface area contributed by atoms with E-state index in [1.54, 1.807) is 0 Å². The molecule has 0 fully saturated rings. The van der Waals surface area contributed by atoms with Gasteiger partial charge in [0.15, 0.2) is 0 Å². The van der Waals surface area contributed by atoms with E-state index >= 15 is 0 Å². The second-order valence-electron chi connectivity index (χ2n) is 3.26. The smallest absolute Gasteiger partial charge is 0.200 e. The van der Waals surface area contributed by atoms with Crippen LogP contribution in [0.5, 0.6) is 0 Å². The number of hydrogen-bond donors (Lipinski definition) is 3. The minimum atomic E-state index is -0.0473. The number of halogens is 1. The first-order valence-electron chi connectivity index (χ1n) is 4.28. The van der Waals surface area contributed by atoms with Crippen LogP contribution in [0.1, 0.15) is 11.1 Å². The van der Waals surface area contributed by atoms with Crippen molar-refractivity contribution in [3.8, 4) is 0 Å². The fourth-order valence-corrected chi connectivity index (χ4v) is 1.88. The van der Waals surface area contributed by atoms with Crippen LogP contribution in [0.2, 0.25) is 5.02 Å². The summed E-state index contributed by atoms with van der Waals surface area (Å²) in [5.41, 5.74) is 10.3. The standard InChI is InChI=1S/C9H11ClN4/c10-8-3-1-2-6-4-14(5-7(6)8)13-9(11)12/h1-3H,4-5H2,(H4,11,12,13). The minimum absolute atomic E-state index is 0.0473. The Morgan fingerprint density at radius 1 is 1.50 bits per heavy atom. The van der Waals surface area contributed by atoms with Crippen molar-refractivity contribution in [3.63, 3.8) is 0 Å². The first-order chi connectivity index (χ1) is 6.66. The molecule has 2 rings (SSSR count). The summed E-state index contributed by atoms with van der Waals surface area (Å²) in [4.78, 5) is 0. The highest BCUT2D eigenvalue weighted by atomic mass is 35.5. The second-order valence-corrected chi connectivity index (χ2v) is 3.67. The topological polar surface area (TPSA) is 65.1 Å². The van der Waals surface area contributed by atoms with Gasteiger partial charge in [0.05, 0.1) is 0 Å². The number of benzene rings is 1. The number of hydrazine groups is 1. The lowest BCUT2D eigenvalue weighted by Crippen LogP contribution is -2.42. The van der Waals surface area contributed by atoms with Gasteiger partial charge in [0, 0.05) is 18.1 Å². The van der Waals surface area contributed by atoms with E-state index in [4.69, 9.17) is 22.7 Å².